The van der Waals surface area contributed by atoms with Crippen molar-refractivity contribution in [2.24, 2.45) is 5.73 Å². The second-order valence-corrected chi connectivity index (χ2v) is 6.15. The van der Waals surface area contributed by atoms with Gasteiger partial charge in [-0.1, -0.05) is 48.5 Å². The molecule has 4 heteroatoms. The Morgan fingerprint density at radius 3 is 2.32 bits per heavy atom. The highest BCUT2D eigenvalue weighted by Crippen LogP contribution is 2.36. The van der Waals surface area contributed by atoms with Gasteiger partial charge in [-0.05, 0) is 37.0 Å². The Morgan fingerprint density at radius 2 is 1.79 bits per heavy atom. The molecule has 0 saturated heterocycles. The Labute approximate surface area is 125 Å². The summed E-state index contributed by atoms with van der Waals surface area (Å²) in [5.74, 6) is 0. The maximum absolute atomic E-state index is 6.42. The number of hydrogen-bond donors (Lipinski definition) is 1. The molecule has 1 fully saturated rings. The van der Waals surface area contributed by atoms with Gasteiger partial charge in [0.15, 0.2) is 0 Å². The Morgan fingerprint density at radius 1 is 1.21 bits per heavy atom. The highest BCUT2D eigenvalue weighted by atomic mass is 35.5. The average molecular weight is 302 g/mol. The summed E-state index contributed by atoms with van der Waals surface area (Å²) < 4.78 is 5.78. The number of ether oxygens (including phenoxy) is 1. The Bertz CT molecular complexity index is 410. The molecule has 2 N–H and O–H groups in total. The molecule has 1 atom stereocenters. The van der Waals surface area contributed by atoms with Crippen LogP contribution in [0.1, 0.15) is 37.7 Å². The van der Waals surface area contributed by atoms with Crippen LogP contribution in [0.25, 0.3) is 0 Å². The SMILES string of the molecule is COC1(C(N)Cc2c(Cl)cccc2Cl)CCCCC1. The first-order valence-corrected chi connectivity index (χ1v) is 7.58. The van der Waals surface area contributed by atoms with Crippen molar-refractivity contribution in [1.29, 1.82) is 0 Å². The molecular formula is C15H21Cl2NO. The molecule has 0 spiro atoms. The predicted molar refractivity (Wildman–Crippen MR) is 81.0 cm³/mol. The quantitative estimate of drug-likeness (QED) is 0.904. The first kappa shape index (κ1) is 15.1. The van der Waals surface area contributed by atoms with Crippen molar-refractivity contribution in [1.82, 2.24) is 0 Å². The molecule has 0 radical (unpaired) electrons. The molecule has 0 amide bonds. The predicted octanol–water partition coefficient (Wildman–Crippen LogP) is 4.21. The van der Waals surface area contributed by atoms with Gasteiger partial charge in [-0.2, -0.15) is 0 Å². The molecule has 1 unspecified atom stereocenters. The number of methoxy groups -OCH3 is 1. The highest BCUT2D eigenvalue weighted by Gasteiger charge is 2.38. The van der Waals surface area contributed by atoms with E-state index in [-0.39, 0.29) is 11.6 Å². The fourth-order valence-corrected chi connectivity index (χ4v) is 3.56. The van der Waals surface area contributed by atoms with E-state index in [0.717, 1.165) is 18.4 Å². The minimum Gasteiger partial charge on any atom is -0.377 e. The zero-order chi connectivity index (χ0) is 13.9. The van der Waals surface area contributed by atoms with Crippen molar-refractivity contribution in [3.8, 4) is 0 Å². The van der Waals surface area contributed by atoms with Crippen molar-refractivity contribution < 1.29 is 4.74 Å². The van der Waals surface area contributed by atoms with E-state index < -0.39 is 0 Å². The molecule has 19 heavy (non-hydrogen) atoms. The van der Waals surface area contributed by atoms with Crippen molar-refractivity contribution in [2.45, 2.75) is 50.2 Å². The van der Waals surface area contributed by atoms with Crippen molar-refractivity contribution in [2.75, 3.05) is 7.11 Å². The molecule has 1 saturated carbocycles. The molecule has 1 aromatic carbocycles. The number of benzene rings is 1. The van der Waals surface area contributed by atoms with Crippen LogP contribution in [0.15, 0.2) is 18.2 Å². The summed E-state index contributed by atoms with van der Waals surface area (Å²) in [6.07, 6.45) is 6.33. The van der Waals surface area contributed by atoms with Gasteiger partial charge in [-0.15, -0.1) is 0 Å². The first-order valence-electron chi connectivity index (χ1n) is 6.83. The second-order valence-electron chi connectivity index (χ2n) is 5.34. The van der Waals surface area contributed by atoms with Gasteiger partial charge in [-0.3, -0.25) is 0 Å². The molecule has 0 aromatic heterocycles. The lowest BCUT2D eigenvalue weighted by Gasteiger charge is -2.41. The Kier molecular flexibility index (Phi) is 5.13. The minimum absolute atomic E-state index is 0.0739. The lowest BCUT2D eigenvalue weighted by atomic mass is 9.77. The topological polar surface area (TPSA) is 35.2 Å². The van der Waals surface area contributed by atoms with Gasteiger partial charge in [0, 0.05) is 23.2 Å². The van der Waals surface area contributed by atoms with Gasteiger partial charge in [-0.25, -0.2) is 0 Å². The smallest absolute Gasteiger partial charge is 0.0832 e. The van der Waals surface area contributed by atoms with Crippen LogP contribution in [-0.4, -0.2) is 18.8 Å². The maximum atomic E-state index is 6.42. The Balaban J connectivity index is 2.17. The Hall–Kier alpha value is -0.280. The number of hydrogen-bond acceptors (Lipinski definition) is 2. The summed E-state index contributed by atoms with van der Waals surface area (Å²) in [4.78, 5) is 0. The third kappa shape index (κ3) is 3.25. The summed E-state index contributed by atoms with van der Waals surface area (Å²) in [5, 5.41) is 1.37. The molecule has 1 aromatic rings. The van der Waals surface area contributed by atoms with Crippen molar-refractivity contribution >= 4 is 23.2 Å². The highest BCUT2D eigenvalue weighted by molar-refractivity contribution is 6.36. The zero-order valence-corrected chi connectivity index (χ0v) is 12.8. The third-order valence-corrected chi connectivity index (χ3v) is 4.98. The van der Waals surface area contributed by atoms with E-state index in [2.05, 4.69) is 0 Å². The van der Waals surface area contributed by atoms with E-state index in [1.54, 1.807) is 7.11 Å². The molecule has 0 aliphatic heterocycles. The third-order valence-electron chi connectivity index (χ3n) is 4.27. The van der Waals surface area contributed by atoms with E-state index in [4.69, 9.17) is 33.7 Å². The first-order chi connectivity index (χ1) is 9.09. The molecule has 1 aliphatic rings. The average Bonchev–Trinajstić information content (AvgIpc) is 2.43. The molecular weight excluding hydrogens is 281 g/mol. The van der Waals surface area contributed by atoms with Gasteiger partial charge < -0.3 is 10.5 Å². The summed E-state index contributed by atoms with van der Waals surface area (Å²) in [7, 11) is 1.76. The molecule has 1 aliphatic carbocycles. The second kappa shape index (κ2) is 6.45. The van der Waals surface area contributed by atoms with Crippen LogP contribution in [0.5, 0.6) is 0 Å². The van der Waals surface area contributed by atoms with Gasteiger partial charge in [0.2, 0.25) is 0 Å². The van der Waals surface area contributed by atoms with Crippen LogP contribution >= 0.6 is 23.2 Å². The van der Waals surface area contributed by atoms with Crippen LogP contribution < -0.4 is 5.73 Å². The van der Waals surface area contributed by atoms with Crippen molar-refractivity contribution in [3.05, 3.63) is 33.8 Å². The van der Waals surface area contributed by atoms with E-state index >= 15 is 0 Å². The fourth-order valence-electron chi connectivity index (χ4n) is 3.01. The lowest BCUT2D eigenvalue weighted by molar-refractivity contribution is -0.0582. The summed E-state index contributed by atoms with van der Waals surface area (Å²) in [5.41, 5.74) is 7.13. The van der Waals surface area contributed by atoms with Gasteiger partial charge >= 0.3 is 0 Å². The van der Waals surface area contributed by atoms with E-state index in [9.17, 15) is 0 Å². The van der Waals surface area contributed by atoms with E-state index in [1.807, 2.05) is 18.2 Å². The van der Waals surface area contributed by atoms with E-state index in [1.165, 1.54) is 19.3 Å². The summed E-state index contributed by atoms with van der Waals surface area (Å²) in [6, 6.07) is 5.49. The molecule has 0 bridgehead atoms. The van der Waals surface area contributed by atoms with Crippen LogP contribution in [0.4, 0.5) is 0 Å². The molecule has 2 rings (SSSR count). The van der Waals surface area contributed by atoms with E-state index in [0.29, 0.717) is 16.5 Å². The van der Waals surface area contributed by atoms with Crippen LogP contribution in [0.2, 0.25) is 10.0 Å². The monoisotopic (exact) mass is 301 g/mol. The molecule has 2 nitrogen and oxygen atoms in total. The normalized spacial score (nSPS) is 20.2. The largest absolute Gasteiger partial charge is 0.377 e. The lowest BCUT2D eigenvalue weighted by Crippen LogP contribution is -2.52. The van der Waals surface area contributed by atoms with Crippen LogP contribution in [0, 0.1) is 0 Å². The molecule has 106 valence electrons. The van der Waals surface area contributed by atoms with Crippen LogP contribution in [0.3, 0.4) is 0 Å². The summed E-state index contributed by atoms with van der Waals surface area (Å²) >= 11 is 12.4. The van der Waals surface area contributed by atoms with Gasteiger partial charge in [0.05, 0.1) is 5.60 Å². The number of halogens is 2. The maximum Gasteiger partial charge on any atom is 0.0832 e. The number of nitrogens with two attached hydrogens (primary N) is 1. The van der Waals surface area contributed by atoms with Crippen LogP contribution in [-0.2, 0) is 11.2 Å². The van der Waals surface area contributed by atoms with Gasteiger partial charge in [0.1, 0.15) is 0 Å². The number of rotatable bonds is 4. The fraction of sp³-hybridized carbons (Fsp3) is 0.600. The standard InChI is InChI=1S/C15H21Cl2NO/c1-19-15(8-3-2-4-9-15)14(18)10-11-12(16)6-5-7-13(11)17/h5-7,14H,2-4,8-10,18H2,1H3. The van der Waals surface area contributed by atoms with Crippen molar-refractivity contribution in [3.63, 3.8) is 0 Å². The minimum atomic E-state index is -0.221. The summed E-state index contributed by atoms with van der Waals surface area (Å²) in [6.45, 7) is 0. The zero-order valence-electron chi connectivity index (χ0n) is 11.3. The van der Waals surface area contributed by atoms with Gasteiger partial charge in [0.25, 0.3) is 0 Å². The molecule has 0 heterocycles.